The topological polar surface area (TPSA) is 38.3 Å². The third-order valence-corrected chi connectivity index (χ3v) is 3.19. The fraction of sp³-hybridized carbons (Fsp3) is 0.500. The molecule has 0 saturated carbocycles. The van der Waals surface area contributed by atoms with Gasteiger partial charge in [0.25, 0.3) is 0 Å². The summed E-state index contributed by atoms with van der Waals surface area (Å²) in [4.78, 5) is 11.9. The van der Waals surface area contributed by atoms with E-state index in [1.54, 1.807) is 7.11 Å². The molecule has 0 unspecified atom stereocenters. The number of benzene rings is 1. The van der Waals surface area contributed by atoms with Crippen molar-refractivity contribution in [1.82, 2.24) is 5.32 Å². The summed E-state index contributed by atoms with van der Waals surface area (Å²) in [5.41, 5.74) is 3.59. The van der Waals surface area contributed by atoms with E-state index >= 15 is 0 Å². The molecule has 0 heterocycles. The van der Waals surface area contributed by atoms with Gasteiger partial charge in [0.1, 0.15) is 0 Å². The Bertz CT molecular complexity index is 401. The second-order valence-corrected chi connectivity index (χ2v) is 4.43. The zero-order valence-corrected chi connectivity index (χ0v) is 10.3. The Morgan fingerprint density at radius 2 is 2.18 bits per heavy atom. The summed E-state index contributed by atoms with van der Waals surface area (Å²) in [6.07, 6.45) is 3.50. The van der Waals surface area contributed by atoms with Crippen molar-refractivity contribution in [3.63, 3.8) is 0 Å². The first-order chi connectivity index (χ1) is 8.31. The Kier molecular flexibility index (Phi) is 4.29. The second kappa shape index (κ2) is 5.94. The number of carbonyl (C=O) groups is 1. The summed E-state index contributed by atoms with van der Waals surface area (Å²) < 4.78 is 4.92. The van der Waals surface area contributed by atoms with Gasteiger partial charge >= 0.3 is 0 Å². The van der Waals surface area contributed by atoms with Crippen LogP contribution in [0.2, 0.25) is 0 Å². The molecule has 0 bridgehead atoms. The zero-order valence-electron chi connectivity index (χ0n) is 10.3. The van der Waals surface area contributed by atoms with Crippen molar-refractivity contribution in [2.24, 2.45) is 0 Å². The predicted molar refractivity (Wildman–Crippen MR) is 67.5 cm³/mol. The smallest absolute Gasteiger partial charge is 0.176 e. The maximum absolute atomic E-state index is 11.9. The summed E-state index contributed by atoms with van der Waals surface area (Å²) in [7, 11) is 1.66. The highest BCUT2D eigenvalue weighted by Gasteiger charge is 2.13. The standard InChI is InChI=1S/C14H19NO2/c1-17-8-7-15-10-14(16)13-6-5-11-3-2-4-12(11)9-13/h5-6,9,15H,2-4,7-8,10H2,1H3. The van der Waals surface area contributed by atoms with Crippen molar-refractivity contribution in [3.05, 3.63) is 34.9 Å². The lowest BCUT2D eigenvalue weighted by Crippen LogP contribution is -2.26. The number of hydrogen-bond donors (Lipinski definition) is 1. The molecule has 1 aliphatic rings. The van der Waals surface area contributed by atoms with Crippen molar-refractivity contribution >= 4 is 5.78 Å². The highest BCUT2D eigenvalue weighted by Crippen LogP contribution is 2.22. The Balaban J connectivity index is 1.91. The first kappa shape index (κ1) is 12.3. The Labute approximate surface area is 102 Å². The molecule has 0 amide bonds. The van der Waals surface area contributed by atoms with Crippen LogP contribution in [0.3, 0.4) is 0 Å². The molecule has 0 fully saturated rings. The SMILES string of the molecule is COCCNCC(=O)c1ccc2c(c1)CCC2. The Morgan fingerprint density at radius 1 is 1.35 bits per heavy atom. The summed E-state index contributed by atoms with van der Waals surface area (Å²) in [5.74, 6) is 0.163. The fourth-order valence-corrected chi connectivity index (χ4v) is 2.22. The number of ketones is 1. The van der Waals surface area contributed by atoms with Gasteiger partial charge in [-0.15, -0.1) is 0 Å². The fourth-order valence-electron chi connectivity index (χ4n) is 2.22. The summed E-state index contributed by atoms with van der Waals surface area (Å²) >= 11 is 0. The van der Waals surface area contributed by atoms with Crippen molar-refractivity contribution in [3.8, 4) is 0 Å². The minimum atomic E-state index is 0.163. The summed E-state index contributed by atoms with van der Waals surface area (Å²) in [6, 6.07) is 6.11. The molecule has 0 aliphatic heterocycles. The average Bonchev–Trinajstić information content (AvgIpc) is 2.81. The lowest BCUT2D eigenvalue weighted by Gasteiger charge is -2.05. The van der Waals surface area contributed by atoms with Gasteiger partial charge in [-0.3, -0.25) is 4.79 Å². The van der Waals surface area contributed by atoms with Crippen LogP contribution in [0.25, 0.3) is 0 Å². The zero-order chi connectivity index (χ0) is 12.1. The van der Waals surface area contributed by atoms with E-state index in [0.29, 0.717) is 19.7 Å². The van der Waals surface area contributed by atoms with Crippen LogP contribution in [0.15, 0.2) is 18.2 Å². The van der Waals surface area contributed by atoms with Crippen molar-refractivity contribution in [1.29, 1.82) is 0 Å². The Hall–Kier alpha value is -1.19. The molecule has 3 nitrogen and oxygen atoms in total. The van der Waals surface area contributed by atoms with Crippen LogP contribution in [0, 0.1) is 0 Å². The lowest BCUT2D eigenvalue weighted by atomic mass is 10.0. The van der Waals surface area contributed by atoms with Crippen LogP contribution in [-0.4, -0.2) is 32.6 Å². The largest absolute Gasteiger partial charge is 0.383 e. The first-order valence-electron chi connectivity index (χ1n) is 6.16. The van der Waals surface area contributed by atoms with Gasteiger partial charge in [-0.1, -0.05) is 12.1 Å². The summed E-state index contributed by atoms with van der Waals surface area (Å²) in [5, 5.41) is 3.08. The molecule has 1 aromatic rings. The average molecular weight is 233 g/mol. The minimum Gasteiger partial charge on any atom is -0.383 e. The van der Waals surface area contributed by atoms with E-state index in [1.165, 1.54) is 17.5 Å². The third-order valence-electron chi connectivity index (χ3n) is 3.19. The highest BCUT2D eigenvalue weighted by atomic mass is 16.5. The molecular weight excluding hydrogens is 214 g/mol. The second-order valence-electron chi connectivity index (χ2n) is 4.43. The van der Waals surface area contributed by atoms with E-state index in [0.717, 1.165) is 18.4 Å². The number of fused-ring (bicyclic) bond motifs is 1. The quantitative estimate of drug-likeness (QED) is 0.599. The van der Waals surface area contributed by atoms with Gasteiger partial charge in [-0.25, -0.2) is 0 Å². The van der Waals surface area contributed by atoms with Crippen LogP contribution in [0.1, 0.15) is 27.9 Å². The van der Waals surface area contributed by atoms with Crippen LogP contribution < -0.4 is 5.32 Å². The van der Waals surface area contributed by atoms with E-state index in [-0.39, 0.29) is 5.78 Å². The molecule has 1 N–H and O–H groups in total. The maximum atomic E-state index is 11.9. The van der Waals surface area contributed by atoms with Crippen LogP contribution >= 0.6 is 0 Å². The monoisotopic (exact) mass is 233 g/mol. The van der Waals surface area contributed by atoms with Gasteiger partial charge in [-0.05, 0) is 36.5 Å². The van der Waals surface area contributed by atoms with Crippen LogP contribution in [-0.2, 0) is 17.6 Å². The van der Waals surface area contributed by atoms with Crippen molar-refractivity contribution in [2.75, 3.05) is 26.8 Å². The van der Waals surface area contributed by atoms with Crippen LogP contribution in [0.4, 0.5) is 0 Å². The molecule has 0 spiro atoms. The third kappa shape index (κ3) is 3.14. The maximum Gasteiger partial charge on any atom is 0.176 e. The predicted octanol–water partition coefficient (Wildman–Crippen LogP) is 1.59. The molecule has 0 aromatic heterocycles. The number of rotatable bonds is 6. The number of methoxy groups -OCH3 is 1. The molecule has 0 radical (unpaired) electrons. The van der Waals surface area contributed by atoms with E-state index in [9.17, 15) is 4.79 Å². The molecule has 0 atom stereocenters. The van der Waals surface area contributed by atoms with Gasteiger partial charge < -0.3 is 10.1 Å². The van der Waals surface area contributed by atoms with Crippen molar-refractivity contribution < 1.29 is 9.53 Å². The van der Waals surface area contributed by atoms with Gasteiger partial charge in [0.05, 0.1) is 13.2 Å². The molecule has 17 heavy (non-hydrogen) atoms. The van der Waals surface area contributed by atoms with Crippen molar-refractivity contribution in [2.45, 2.75) is 19.3 Å². The van der Waals surface area contributed by atoms with E-state index in [1.807, 2.05) is 6.07 Å². The van der Waals surface area contributed by atoms with E-state index in [4.69, 9.17) is 4.74 Å². The van der Waals surface area contributed by atoms with Gasteiger partial charge in [0.15, 0.2) is 5.78 Å². The van der Waals surface area contributed by atoms with Gasteiger partial charge in [-0.2, -0.15) is 0 Å². The van der Waals surface area contributed by atoms with Gasteiger partial charge in [0.2, 0.25) is 0 Å². The molecule has 2 rings (SSSR count). The molecule has 0 saturated heterocycles. The first-order valence-corrected chi connectivity index (χ1v) is 6.16. The summed E-state index contributed by atoms with van der Waals surface area (Å²) in [6.45, 7) is 1.74. The molecule has 92 valence electrons. The Morgan fingerprint density at radius 3 is 3.00 bits per heavy atom. The number of nitrogens with one attached hydrogen (secondary N) is 1. The van der Waals surface area contributed by atoms with E-state index in [2.05, 4.69) is 17.4 Å². The van der Waals surface area contributed by atoms with Crippen LogP contribution in [0.5, 0.6) is 0 Å². The van der Waals surface area contributed by atoms with Gasteiger partial charge in [0, 0.05) is 19.2 Å². The number of hydrogen-bond acceptors (Lipinski definition) is 3. The molecule has 1 aliphatic carbocycles. The number of Topliss-reactive ketones (excluding diaryl/α,β-unsaturated/α-hetero) is 1. The number of aryl methyl sites for hydroxylation is 2. The molecule has 1 aromatic carbocycles. The minimum absolute atomic E-state index is 0.163. The van der Waals surface area contributed by atoms with E-state index < -0.39 is 0 Å². The molecule has 3 heteroatoms. The number of ether oxygens (including phenoxy) is 1. The number of carbonyl (C=O) groups excluding carboxylic acids is 1. The molecular formula is C14H19NO2. The lowest BCUT2D eigenvalue weighted by molar-refractivity contribution is 0.0987. The highest BCUT2D eigenvalue weighted by molar-refractivity contribution is 5.97. The normalized spacial score (nSPS) is 13.7.